The molecule has 0 saturated carbocycles. The highest BCUT2D eigenvalue weighted by molar-refractivity contribution is 9.10. The number of halogens is 1. The predicted octanol–water partition coefficient (Wildman–Crippen LogP) is 2.92. The molecule has 0 aliphatic heterocycles. The zero-order valence-corrected chi connectivity index (χ0v) is 11.7. The fourth-order valence-corrected chi connectivity index (χ4v) is 3.19. The van der Waals surface area contributed by atoms with Gasteiger partial charge in [0.15, 0.2) is 0 Å². The molecule has 2 aromatic rings. The number of benzene rings is 1. The van der Waals surface area contributed by atoms with Crippen LogP contribution in [0.15, 0.2) is 41.4 Å². The SMILES string of the molecule is Brc1cccc2c1CCC2NCCn1ccnc1. The van der Waals surface area contributed by atoms with Gasteiger partial charge in [0, 0.05) is 36.0 Å². The summed E-state index contributed by atoms with van der Waals surface area (Å²) in [6.07, 6.45) is 8.05. The Labute approximate surface area is 115 Å². The summed E-state index contributed by atoms with van der Waals surface area (Å²) in [5.74, 6) is 0. The van der Waals surface area contributed by atoms with Crippen molar-refractivity contribution in [2.24, 2.45) is 0 Å². The van der Waals surface area contributed by atoms with E-state index in [1.165, 1.54) is 28.4 Å². The predicted molar refractivity (Wildman–Crippen MR) is 75.4 cm³/mol. The van der Waals surface area contributed by atoms with Crippen molar-refractivity contribution in [2.75, 3.05) is 6.54 Å². The van der Waals surface area contributed by atoms with Crippen molar-refractivity contribution in [1.29, 1.82) is 0 Å². The lowest BCUT2D eigenvalue weighted by atomic mass is 10.1. The van der Waals surface area contributed by atoms with Crippen molar-refractivity contribution in [3.05, 3.63) is 52.5 Å². The summed E-state index contributed by atoms with van der Waals surface area (Å²) in [5.41, 5.74) is 2.92. The summed E-state index contributed by atoms with van der Waals surface area (Å²) in [6.45, 7) is 1.95. The average molecular weight is 306 g/mol. The van der Waals surface area contributed by atoms with E-state index in [1.54, 1.807) is 0 Å². The van der Waals surface area contributed by atoms with Crippen LogP contribution in [0.2, 0.25) is 0 Å². The molecule has 4 heteroatoms. The molecule has 1 atom stereocenters. The molecule has 0 spiro atoms. The number of aromatic nitrogens is 2. The Bertz CT molecular complexity index is 522. The topological polar surface area (TPSA) is 29.9 Å². The van der Waals surface area contributed by atoms with Gasteiger partial charge in [-0.25, -0.2) is 4.98 Å². The molecular weight excluding hydrogens is 290 g/mol. The van der Waals surface area contributed by atoms with Crippen molar-refractivity contribution >= 4 is 15.9 Å². The van der Waals surface area contributed by atoms with Crippen LogP contribution in [-0.4, -0.2) is 16.1 Å². The summed E-state index contributed by atoms with van der Waals surface area (Å²) in [7, 11) is 0. The van der Waals surface area contributed by atoms with Gasteiger partial charge in [-0.3, -0.25) is 0 Å². The van der Waals surface area contributed by atoms with Gasteiger partial charge in [0.05, 0.1) is 6.33 Å². The second-order valence-electron chi connectivity index (χ2n) is 4.65. The molecule has 1 unspecified atom stereocenters. The Kier molecular flexibility index (Phi) is 3.48. The van der Waals surface area contributed by atoms with Gasteiger partial charge in [0.25, 0.3) is 0 Å². The van der Waals surface area contributed by atoms with Crippen LogP contribution in [0.1, 0.15) is 23.6 Å². The molecule has 1 N–H and O–H groups in total. The van der Waals surface area contributed by atoms with Gasteiger partial charge < -0.3 is 9.88 Å². The van der Waals surface area contributed by atoms with Gasteiger partial charge >= 0.3 is 0 Å². The van der Waals surface area contributed by atoms with Gasteiger partial charge in [-0.05, 0) is 30.0 Å². The average Bonchev–Trinajstić information content (AvgIpc) is 3.00. The number of imidazole rings is 1. The number of fused-ring (bicyclic) bond motifs is 1. The lowest BCUT2D eigenvalue weighted by Crippen LogP contribution is -2.23. The van der Waals surface area contributed by atoms with Crippen molar-refractivity contribution in [3.63, 3.8) is 0 Å². The first-order chi connectivity index (χ1) is 8.84. The Morgan fingerprint density at radius 3 is 3.22 bits per heavy atom. The molecule has 1 aromatic carbocycles. The summed E-state index contributed by atoms with van der Waals surface area (Å²) < 4.78 is 3.35. The molecule has 3 rings (SSSR count). The smallest absolute Gasteiger partial charge is 0.0946 e. The summed E-state index contributed by atoms with van der Waals surface area (Å²) in [4.78, 5) is 4.05. The molecule has 94 valence electrons. The molecule has 1 aliphatic rings. The molecule has 0 amide bonds. The van der Waals surface area contributed by atoms with Crippen molar-refractivity contribution in [3.8, 4) is 0 Å². The molecule has 1 aromatic heterocycles. The molecule has 0 saturated heterocycles. The number of hydrogen-bond acceptors (Lipinski definition) is 2. The molecular formula is C14H16BrN3. The summed E-state index contributed by atoms with van der Waals surface area (Å²) in [5, 5.41) is 3.63. The van der Waals surface area contributed by atoms with Crippen molar-refractivity contribution in [2.45, 2.75) is 25.4 Å². The third-order valence-corrected chi connectivity index (χ3v) is 4.28. The second-order valence-corrected chi connectivity index (χ2v) is 5.51. The highest BCUT2D eigenvalue weighted by Gasteiger charge is 2.22. The van der Waals surface area contributed by atoms with E-state index in [0.717, 1.165) is 13.1 Å². The fourth-order valence-electron chi connectivity index (χ4n) is 2.61. The first-order valence-corrected chi connectivity index (χ1v) is 7.10. The Morgan fingerprint density at radius 2 is 2.39 bits per heavy atom. The van der Waals surface area contributed by atoms with E-state index in [4.69, 9.17) is 0 Å². The van der Waals surface area contributed by atoms with Crippen LogP contribution in [-0.2, 0) is 13.0 Å². The van der Waals surface area contributed by atoms with Crippen LogP contribution >= 0.6 is 15.9 Å². The molecule has 0 radical (unpaired) electrons. The van der Waals surface area contributed by atoms with Crippen LogP contribution < -0.4 is 5.32 Å². The molecule has 0 fully saturated rings. The largest absolute Gasteiger partial charge is 0.336 e. The maximum absolute atomic E-state index is 4.05. The van der Waals surface area contributed by atoms with Gasteiger partial charge in [0.1, 0.15) is 0 Å². The monoisotopic (exact) mass is 305 g/mol. The quantitative estimate of drug-likeness (QED) is 0.941. The Morgan fingerprint density at radius 1 is 1.44 bits per heavy atom. The zero-order chi connectivity index (χ0) is 12.4. The van der Waals surface area contributed by atoms with Gasteiger partial charge in [-0.2, -0.15) is 0 Å². The van der Waals surface area contributed by atoms with E-state index in [1.807, 2.05) is 18.7 Å². The van der Waals surface area contributed by atoms with Crippen LogP contribution in [0, 0.1) is 0 Å². The van der Waals surface area contributed by atoms with E-state index in [0.29, 0.717) is 6.04 Å². The first kappa shape index (κ1) is 11.9. The fraction of sp³-hybridized carbons (Fsp3) is 0.357. The maximum atomic E-state index is 4.05. The number of hydrogen-bond donors (Lipinski definition) is 1. The lowest BCUT2D eigenvalue weighted by Gasteiger charge is -2.14. The van der Waals surface area contributed by atoms with Gasteiger partial charge in [-0.15, -0.1) is 0 Å². The van der Waals surface area contributed by atoms with Crippen LogP contribution in [0.3, 0.4) is 0 Å². The van der Waals surface area contributed by atoms with E-state index in [-0.39, 0.29) is 0 Å². The van der Waals surface area contributed by atoms with E-state index in [9.17, 15) is 0 Å². The zero-order valence-electron chi connectivity index (χ0n) is 10.1. The van der Waals surface area contributed by atoms with Gasteiger partial charge in [-0.1, -0.05) is 28.1 Å². The first-order valence-electron chi connectivity index (χ1n) is 6.31. The standard InChI is InChI=1S/C14H16BrN3/c15-13-3-1-2-12-11(13)4-5-14(12)17-7-9-18-8-6-16-10-18/h1-3,6,8,10,14,17H,4-5,7,9H2. The molecule has 3 nitrogen and oxygen atoms in total. The molecule has 0 bridgehead atoms. The second kappa shape index (κ2) is 5.24. The minimum absolute atomic E-state index is 0.501. The van der Waals surface area contributed by atoms with Crippen LogP contribution in [0.4, 0.5) is 0 Å². The highest BCUT2D eigenvalue weighted by Crippen LogP contribution is 2.35. The van der Waals surface area contributed by atoms with Crippen molar-refractivity contribution in [1.82, 2.24) is 14.9 Å². The normalized spacial score (nSPS) is 17.9. The molecule has 18 heavy (non-hydrogen) atoms. The summed E-state index contributed by atoms with van der Waals surface area (Å²) >= 11 is 3.63. The minimum Gasteiger partial charge on any atom is -0.336 e. The molecule has 1 heterocycles. The minimum atomic E-state index is 0.501. The third kappa shape index (κ3) is 2.35. The van der Waals surface area contributed by atoms with E-state index >= 15 is 0 Å². The van der Waals surface area contributed by atoms with Crippen molar-refractivity contribution < 1.29 is 0 Å². The van der Waals surface area contributed by atoms with Crippen LogP contribution in [0.25, 0.3) is 0 Å². The summed E-state index contributed by atoms with van der Waals surface area (Å²) in [6, 6.07) is 6.99. The maximum Gasteiger partial charge on any atom is 0.0946 e. The van der Waals surface area contributed by atoms with Crippen LogP contribution in [0.5, 0.6) is 0 Å². The highest BCUT2D eigenvalue weighted by atomic mass is 79.9. The molecule has 1 aliphatic carbocycles. The Balaban J connectivity index is 1.61. The Hall–Kier alpha value is -1.13. The van der Waals surface area contributed by atoms with E-state index in [2.05, 4.69) is 49.0 Å². The number of nitrogens with zero attached hydrogens (tertiary/aromatic N) is 2. The number of nitrogens with one attached hydrogen (secondary N) is 1. The van der Waals surface area contributed by atoms with Gasteiger partial charge in [0.2, 0.25) is 0 Å². The lowest BCUT2D eigenvalue weighted by molar-refractivity contribution is 0.501. The van der Waals surface area contributed by atoms with E-state index < -0.39 is 0 Å². The number of rotatable bonds is 4. The third-order valence-electron chi connectivity index (χ3n) is 3.53.